The molecule has 1 spiro atoms. The van der Waals surface area contributed by atoms with Gasteiger partial charge in [-0.05, 0) is 67.3 Å². The first kappa shape index (κ1) is 30.5. The van der Waals surface area contributed by atoms with Crippen molar-refractivity contribution in [2.24, 2.45) is 5.92 Å². The summed E-state index contributed by atoms with van der Waals surface area (Å²) in [6.07, 6.45) is 3.13. The number of carbonyl (C=O) groups excluding carboxylic acids is 1. The Morgan fingerprint density at radius 1 is 1.00 bits per heavy atom. The fourth-order valence-electron chi connectivity index (χ4n) is 9.17. The highest BCUT2D eigenvalue weighted by atomic mass is 32.2. The van der Waals surface area contributed by atoms with Crippen LogP contribution >= 0.6 is 0 Å². The van der Waals surface area contributed by atoms with Gasteiger partial charge in [0.1, 0.15) is 17.5 Å². The second kappa shape index (κ2) is 11.6. The first-order valence-corrected chi connectivity index (χ1v) is 18.1. The van der Waals surface area contributed by atoms with E-state index in [1.165, 1.54) is 18.1 Å². The zero-order chi connectivity index (χ0) is 31.4. The summed E-state index contributed by atoms with van der Waals surface area (Å²) < 4.78 is 44.0. The number of sulfonamides is 1. The van der Waals surface area contributed by atoms with Crippen LogP contribution in [-0.4, -0.2) is 67.0 Å². The fraction of sp³-hybridized carbons (Fsp3) is 0.486. The Kier molecular flexibility index (Phi) is 7.82. The van der Waals surface area contributed by atoms with Gasteiger partial charge in [-0.15, -0.1) is 0 Å². The van der Waals surface area contributed by atoms with E-state index in [2.05, 4.69) is 55.1 Å². The fourth-order valence-corrected chi connectivity index (χ4v) is 11.1. The van der Waals surface area contributed by atoms with Crippen LogP contribution in [0.4, 0.5) is 0 Å². The molecule has 2 aliphatic heterocycles. The lowest BCUT2D eigenvalue weighted by molar-refractivity contribution is -0.221. The van der Waals surface area contributed by atoms with Crippen LogP contribution in [0.3, 0.4) is 0 Å². The average molecular weight is 629 g/mol. The van der Waals surface area contributed by atoms with Crippen LogP contribution < -0.4 is 4.74 Å². The lowest BCUT2D eigenvalue weighted by Crippen LogP contribution is -2.79. The van der Waals surface area contributed by atoms with Crippen LogP contribution in [0.15, 0.2) is 78.9 Å². The smallest absolute Gasteiger partial charge is 0.303 e. The van der Waals surface area contributed by atoms with Crippen LogP contribution in [0, 0.1) is 5.92 Å². The third kappa shape index (κ3) is 5.00. The number of likely N-dealkylation sites (tertiary alicyclic amines) is 1. The monoisotopic (exact) mass is 628 g/mol. The standard InChI is InChI=1S/C37H44N2O5S/c1-26(2)24-39(45(41,42)25-29-13-8-5-9-14-29)31-17-19-37(44-27(3)40)33-23-30-15-10-16-32-34(30)36(37,35(31)43-32)20-22-38(33)21-18-28-11-6-4-7-12-28/h4-16,26,31,33,35H,17-25H2,1-3H3/t31-,33-,35+,36+,37-/m1/s1. The van der Waals surface area contributed by atoms with E-state index < -0.39 is 27.1 Å². The molecule has 0 amide bonds. The van der Waals surface area contributed by atoms with Crippen LogP contribution in [0.2, 0.25) is 0 Å². The molecule has 4 aliphatic rings. The molecule has 0 radical (unpaired) electrons. The topological polar surface area (TPSA) is 76.1 Å². The van der Waals surface area contributed by atoms with Gasteiger partial charge in [-0.25, -0.2) is 8.42 Å². The van der Waals surface area contributed by atoms with Gasteiger partial charge in [0.2, 0.25) is 10.0 Å². The van der Waals surface area contributed by atoms with Crippen LogP contribution in [0.1, 0.15) is 62.3 Å². The van der Waals surface area contributed by atoms with Crippen LogP contribution in [-0.2, 0) is 43.6 Å². The summed E-state index contributed by atoms with van der Waals surface area (Å²) in [6.45, 7) is 7.76. The lowest BCUT2D eigenvalue weighted by Gasteiger charge is -2.65. The van der Waals surface area contributed by atoms with Crippen LogP contribution in [0.5, 0.6) is 5.75 Å². The molecule has 2 aliphatic carbocycles. The van der Waals surface area contributed by atoms with E-state index in [1.807, 2.05) is 42.5 Å². The van der Waals surface area contributed by atoms with Crippen molar-refractivity contribution in [2.45, 2.75) is 87.8 Å². The molecule has 2 fully saturated rings. The zero-order valence-corrected chi connectivity index (χ0v) is 27.3. The summed E-state index contributed by atoms with van der Waals surface area (Å²) in [5.41, 5.74) is 3.01. The molecule has 2 heterocycles. The number of rotatable bonds is 10. The molecular weight excluding hydrogens is 584 g/mol. The summed E-state index contributed by atoms with van der Waals surface area (Å²) >= 11 is 0. The molecular formula is C37H44N2O5S. The predicted molar refractivity (Wildman–Crippen MR) is 174 cm³/mol. The van der Waals surface area contributed by atoms with Gasteiger partial charge in [-0.2, -0.15) is 4.31 Å². The molecule has 3 aromatic carbocycles. The molecule has 8 heteroatoms. The Hall–Kier alpha value is -3.20. The highest BCUT2D eigenvalue weighted by Gasteiger charge is 2.75. The van der Waals surface area contributed by atoms with Crippen molar-refractivity contribution in [3.63, 3.8) is 0 Å². The van der Waals surface area contributed by atoms with Crippen molar-refractivity contribution in [1.82, 2.24) is 9.21 Å². The van der Waals surface area contributed by atoms with Gasteiger partial charge in [-0.1, -0.05) is 86.6 Å². The van der Waals surface area contributed by atoms with Crippen molar-refractivity contribution in [2.75, 3.05) is 19.6 Å². The van der Waals surface area contributed by atoms with Crippen molar-refractivity contribution in [3.05, 3.63) is 101 Å². The summed E-state index contributed by atoms with van der Waals surface area (Å²) in [5, 5.41) is 0. The molecule has 5 atom stereocenters. The second-order valence-electron chi connectivity index (χ2n) is 13.8. The van der Waals surface area contributed by atoms with E-state index in [-0.39, 0.29) is 29.7 Å². The largest absolute Gasteiger partial charge is 0.487 e. The maximum atomic E-state index is 14.3. The molecule has 238 valence electrons. The summed E-state index contributed by atoms with van der Waals surface area (Å²) in [4.78, 5) is 15.6. The quantitative estimate of drug-likeness (QED) is 0.276. The minimum absolute atomic E-state index is 0.0220. The molecule has 45 heavy (non-hydrogen) atoms. The van der Waals surface area contributed by atoms with Gasteiger partial charge in [-0.3, -0.25) is 9.69 Å². The van der Waals surface area contributed by atoms with Crippen LogP contribution in [0.25, 0.3) is 0 Å². The third-order valence-electron chi connectivity index (χ3n) is 10.7. The molecule has 0 aromatic heterocycles. The summed E-state index contributed by atoms with van der Waals surface area (Å²) in [5.74, 6) is 0.610. The molecule has 0 unspecified atom stereocenters. The number of hydrogen-bond acceptors (Lipinski definition) is 6. The number of nitrogens with zero attached hydrogens (tertiary/aromatic N) is 2. The summed E-state index contributed by atoms with van der Waals surface area (Å²) in [7, 11) is -3.69. The number of hydrogen-bond donors (Lipinski definition) is 0. The van der Waals surface area contributed by atoms with Crippen molar-refractivity contribution in [3.8, 4) is 5.75 Å². The Balaban J connectivity index is 1.31. The SMILES string of the molecule is CC(=O)O[C@@]12CC[C@@H](N(CC(C)C)S(=O)(=O)Cc3ccccc3)[C@@H]3Oc4cccc5c4[C@@]31CCN(CCc1ccccc1)[C@@H]2C5. The minimum Gasteiger partial charge on any atom is -0.487 e. The van der Waals surface area contributed by atoms with Crippen molar-refractivity contribution < 1.29 is 22.7 Å². The highest BCUT2D eigenvalue weighted by Crippen LogP contribution is 2.66. The van der Waals surface area contributed by atoms with Crippen molar-refractivity contribution in [1.29, 1.82) is 0 Å². The van der Waals surface area contributed by atoms with E-state index in [4.69, 9.17) is 9.47 Å². The molecule has 3 aromatic rings. The van der Waals surface area contributed by atoms with Gasteiger partial charge < -0.3 is 9.47 Å². The van der Waals surface area contributed by atoms with E-state index in [9.17, 15) is 13.2 Å². The van der Waals surface area contributed by atoms with Gasteiger partial charge in [0.15, 0.2) is 0 Å². The number of ether oxygens (including phenoxy) is 2. The van der Waals surface area contributed by atoms with Gasteiger partial charge in [0.05, 0.1) is 23.3 Å². The predicted octanol–water partition coefficient (Wildman–Crippen LogP) is 5.51. The number of esters is 1. The highest BCUT2D eigenvalue weighted by molar-refractivity contribution is 7.88. The van der Waals surface area contributed by atoms with Gasteiger partial charge in [0.25, 0.3) is 0 Å². The van der Waals surface area contributed by atoms with E-state index in [0.717, 1.165) is 49.2 Å². The molecule has 1 saturated carbocycles. The normalized spacial score (nSPS) is 28.5. The first-order chi connectivity index (χ1) is 21.6. The van der Waals surface area contributed by atoms with Gasteiger partial charge >= 0.3 is 5.97 Å². The Bertz CT molecular complexity index is 1660. The zero-order valence-electron chi connectivity index (χ0n) is 26.5. The van der Waals surface area contributed by atoms with E-state index >= 15 is 0 Å². The van der Waals surface area contributed by atoms with Crippen molar-refractivity contribution >= 4 is 16.0 Å². The van der Waals surface area contributed by atoms with E-state index in [0.29, 0.717) is 19.4 Å². The average Bonchev–Trinajstić information content (AvgIpc) is 3.35. The molecule has 7 rings (SSSR count). The Morgan fingerprint density at radius 3 is 2.40 bits per heavy atom. The minimum atomic E-state index is -3.69. The number of piperidine rings is 1. The molecule has 0 N–H and O–H groups in total. The summed E-state index contributed by atoms with van der Waals surface area (Å²) in [6, 6.07) is 25.8. The third-order valence-corrected chi connectivity index (χ3v) is 12.6. The molecule has 1 saturated heterocycles. The maximum absolute atomic E-state index is 14.3. The Labute approximate surface area is 267 Å². The number of benzene rings is 3. The first-order valence-electron chi connectivity index (χ1n) is 16.4. The lowest BCUT2D eigenvalue weighted by atomic mass is 9.48. The second-order valence-corrected chi connectivity index (χ2v) is 15.8. The number of carbonyl (C=O) groups is 1. The molecule has 2 bridgehead atoms. The van der Waals surface area contributed by atoms with Gasteiger partial charge in [0, 0.05) is 25.6 Å². The van der Waals surface area contributed by atoms with E-state index in [1.54, 1.807) is 4.31 Å². The maximum Gasteiger partial charge on any atom is 0.303 e. The molecule has 7 nitrogen and oxygen atoms in total. The Morgan fingerprint density at radius 2 is 1.71 bits per heavy atom.